The SMILES string of the molecule is COc1nn(C)cc1C(=O)N1CCOCC1CN(C)C.O=CO. The summed E-state index contributed by atoms with van der Waals surface area (Å²) in [6.07, 6.45) is 1.70. The number of likely N-dealkylation sites (N-methyl/N-ethyl adjacent to an activating group) is 1. The van der Waals surface area contributed by atoms with Gasteiger partial charge in [-0.3, -0.25) is 14.3 Å². The number of carbonyl (C=O) groups excluding carboxylic acids is 1. The highest BCUT2D eigenvalue weighted by Gasteiger charge is 2.31. The van der Waals surface area contributed by atoms with Gasteiger partial charge in [0.25, 0.3) is 12.4 Å². The Morgan fingerprint density at radius 3 is 2.83 bits per heavy atom. The molecule has 0 saturated carbocycles. The molecule has 1 saturated heterocycles. The van der Waals surface area contributed by atoms with Gasteiger partial charge in [0.2, 0.25) is 5.88 Å². The third-order valence-electron chi connectivity index (χ3n) is 3.28. The number of carboxylic acid groups (broad SMARTS) is 1. The van der Waals surface area contributed by atoms with Crippen molar-refractivity contribution in [2.24, 2.45) is 7.05 Å². The fraction of sp³-hybridized carbons (Fsp3) is 0.643. The largest absolute Gasteiger partial charge is 0.483 e. The van der Waals surface area contributed by atoms with Crippen LogP contribution in [-0.4, -0.2) is 90.6 Å². The van der Waals surface area contributed by atoms with Crippen LogP contribution in [-0.2, 0) is 16.6 Å². The lowest BCUT2D eigenvalue weighted by molar-refractivity contribution is -0.122. The van der Waals surface area contributed by atoms with E-state index in [4.69, 9.17) is 19.4 Å². The highest BCUT2D eigenvalue weighted by Crippen LogP contribution is 2.20. The number of ether oxygens (including phenoxy) is 2. The van der Waals surface area contributed by atoms with Gasteiger partial charge in [-0.2, -0.15) is 0 Å². The van der Waals surface area contributed by atoms with Crippen molar-refractivity contribution in [3.05, 3.63) is 11.8 Å². The van der Waals surface area contributed by atoms with Crippen LogP contribution in [0, 0.1) is 0 Å². The van der Waals surface area contributed by atoms with Gasteiger partial charge in [-0.1, -0.05) is 0 Å². The van der Waals surface area contributed by atoms with Crippen LogP contribution in [0.2, 0.25) is 0 Å². The lowest BCUT2D eigenvalue weighted by atomic mass is 10.1. The Labute approximate surface area is 135 Å². The second-order valence-corrected chi connectivity index (χ2v) is 5.32. The molecule has 0 bridgehead atoms. The first-order valence-electron chi connectivity index (χ1n) is 7.13. The fourth-order valence-electron chi connectivity index (χ4n) is 2.42. The van der Waals surface area contributed by atoms with E-state index < -0.39 is 0 Å². The van der Waals surface area contributed by atoms with Crippen molar-refractivity contribution in [3.8, 4) is 5.88 Å². The number of aromatic nitrogens is 2. The molecule has 1 unspecified atom stereocenters. The molecular weight excluding hydrogens is 304 g/mol. The second-order valence-electron chi connectivity index (χ2n) is 5.32. The Morgan fingerprint density at radius 1 is 1.61 bits per heavy atom. The summed E-state index contributed by atoms with van der Waals surface area (Å²) in [5, 5.41) is 11.0. The molecule has 1 amide bonds. The average molecular weight is 328 g/mol. The van der Waals surface area contributed by atoms with E-state index in [0.29, 0.717) is 31.2 Å². The Balaban J connectivity index is 0.000000816. The minimum atomic E-state index is -0.250. The van der Waals surface area contributed by atoms with E-state index in [0.717, 1.165) is 6.54 Å². The third kappa shape index (κ3) is 5.22. The lowest BCUT2D eigenvalue weighted by Crippen LogP contribution is -2.52. The molecule has 9 heteroatoms. The van der Waals surface area contributed by atoms with E-state index in [2.05, 4.69) is 10.00 Å². The van der Waals surface area contributed by atoms with Crippen molar-refractivity contribution in [3.63, 3.8) is 0 Å². The van der Waals surface area contributed by atoms with Gasteiger partial charge in [0.1, 0.15) is 5.56 Å². The fourth-order valence-corrected chi connectivity index (χ4v) is 2.42. The molecule has 0 radical (unpaired) electrons. The van der Waals surface area contributed by atoms with Crippen molar-refractivity contribution >= 4 is 12.4 Å². The van der Waals surface area contributed by atoms with Gasteiger partial charge in [-0.25, -0.2) is 0 Å². The first-order chi connectivity index (χ1) is 10.9. The highest BCUT2D eigenvalue weighted by atomic mass is 16.5. The van der Waals surface area contributed by atoms with Crippen LogP contribution in [0.25, 0.3) is 0 Å². The number of rotatable bonds is 4. The molecule has 23 heavy (non-hydrogen) atoms. The number of methoxy groups -OCH3 is 1. The Morgan fingerprint density at radius 2 is 2.26 bits per heavy atom. The molecule has 1 aliphatic heterocycles. The maximum absolute atomic E-state index is 12.7. The summed E-state index contributed by atoms with van der Waals surface area (Å²) in [5.41, 5.74) is 0.501. The van der Waals surface area contributed by atoms with Gasteiger partial charge >= 0.3 is 0 Å². The van der Waals surface area contributed by atoms with Crippen LogP contribution in [0.3, 0.4) is 0 Å². The Kier molecular flexibility index (Phi) is 7.49. The summed E-state index contributed by atoms with van der Waals surface area (Å²) in [6, 6.07) is 0.0520. The molecule has 2 heterocycles. The number of morpholine rings is 1. The molecule has 0 spiro atoms. The molecule has 130 valence electrons. The summed E-state index contributed by atoms with van der Waals surface area (Å²) in [7, 11) is 7.27. The highest BCUT2D eigenvalue weighted by molar-refractivity contribution is 5.96. The van der Waals surface area contributed by atoms with E-state index in [1.54, 1.807) is 17.9 Å². The molecule has 1 fully saturated rings. The molecule has 0 aliphatic carbocycles. The van der Waals surface area contributed by atoms with Crippen molar-refractivity contribution in [1.29, 1.82) is 0 Å². The number of nitrogens with zero attached hydrogens (tertiary/aromatic N) is 4. The molecule has 1 N–H and O–H groups in total. The number of hydrogen-bond donors (Lipinski definition) is 1. The predicted molar refractivity (Wildman–Crippen MR) is 82.7 cm³/mol. The zero-order valence-corrected chi connectivity index (χ0v) is 13.9. The zero-order chi connectivity index (χ0) is 17.4. The van der Waals surface area contributed by atoms with E-state index in [9.17, 15) is 4.79 Å². The molecule has 2 rings (SSSR count). The Bertz CT molecular complexity index is 517. The van der Waals surface area contributed by atoms with Crippen LogP contribution < -0.4 is 4.74 Å². The number of hydrogen-bond acceptors (Lipinski definition) is 6. The van der Waals surface area contributed by atoms with Crippen LogP contribution in [0.1, 0.15) is 10.4 Å². The van der Waals surface area contributed by atoms with Crippen LogP contribution in [0.4, 0.5) is 0 Å². The second kappa shape index (κ2) is 9.11. The van der Waals surface area contributed by atoms with Gasteiger partial charge in [-0.05, 0) is 14.1 Å². The first kappa shape index (κ1) is 18.9. The summed E-state index contributed by atoms with van der Waals surface area (Å²) >= 11 is 0. The van der Waals surface area contributed by atoms with E-state index >= 15 is 0 Å². The molecule has 0 aromatic carbocycles. The summed E-state index contributed by atoms with van der Waals surface area (Å²) in [5.74, 6) is 0.317. The molecule has 1 aromatic rings. The first-order valence-corrected chi connectivity index (χ1v) is 7.13. The minimum Gasteiger partial charge on any atom is -0.483 e. The van der Waals surface area contributed by atoms with Crippen LogP contribution >= 0.6 is 0 Å². The zero-order valence-electron chi connectivity index (χ0n) is 13.9. The number of aryl methyl sites for hydroxylation is 1. The van der Waals surface area contributed by atoms with Crippen LogP contribution in [0.5, 0.6) is 5.88 Å². The number of amides is 1. The molecule has 1 aliphatic rings. The van der Waals surface area contributed by atoms with Gasteiger partial charge in [0, 0.05) is 26.3 Å². The quantitative estimate of drug-likeness (QED) is 0.746. The smallest absolute Gasteiger partial charge is 0.290 e. The molecule has 1 aromatic heterocycles. The van der Waals surface area contributed by atoms with E-state index in [1.807, 2.05) is 19.0 Å². The average Bonchev–Trinajstić information content (AvgIpc) is 2.88. The maximum atomic E-state index is 12.7. The monoisotopic (exact) mass is 328 g/mol. The van der Waals surface area contributed by atoms with Crippen LogP contribution in [0.15, 0.2) is 6.20 Å². The summed E-state index contributed by atoms with van der Waals surface area (Å²) in [6.45, 7) is 2.24. The van der Waals surface area contributed by atoms with E-state index in [1.165, 1.54) is 7.11 Å². The predicted octanol–water partition coefficient (Wildman–Crippen LogP) is -0.468. The van der Waals surface area contributed by atoms with Crippen molar-refractivity contribution < 1.29 is 24.2 Å². The van der Waals surface area contributed by atoms with Gasteiger partial charge < -0.3 is 24.4 Å². The van der Waals surface area contributed by atoms with Crippen molar-refractivity contribution in [1.82, 2.24) is 19.6 Å². The summed E-state index contributed by atoms with van der Waals surface area (Å²) < 4.78 is 12.3. The third-order valence-corrected chi connectivity index (χ3v) is 3.28. The molecule has 1 atom stereocenters. The standard InChI is InChI=1S/C13H22N4O3.CH2O2/c1-15(2)7-10-9-20-6-5-17(10)13(18)11-8-16(3)14-12(11)19-4;2-1-3/h8,10H,5-7,9H2,1-4H3;1H,(H,2,3). The summed E-state index contributed by atoms with van der Waals surface area (Å²) in [4.78, 5) is 25.0. The normalized spacial score (nSPS) is 17.4. The van der Waals surface area contributed by atoms with Crippen molar-refractivity contribution in [2.75, 3.05) is 47.5 Å². The van der Waals surface area contributed by atoms with Gasteiger partial charge in [0.05, 0.1) is 26.4 Å². The van der Waals surface area contributed by atoms with E-state index in [-0.39, 0.29) is 18.4 Å². The molecular formula is C14H24N4O5. The topological polar surface area (TPSA) is 97.1 Å². The maximum Gasteiger partial charge on any atom is 0.290 e. The minimum absolute atomic E-state index is 0.0508. The number of carbonyl (C=O) groups is 2. The van der Waals surface area contributed by atoms with Gasteiger partial charge in [0.15, 0.2) is 0 Å². The lowest BCUT2D eigenvalue weighted by Gasteiger charge is -2.36. The van der Waals surface area contributed by atoms with Crippen molar-refractivity contribution in [2.45, 2.75) is 6.04 Å². The Hall–Kier alpha value is -2.13. The van der Waals surface area contributed by atoms with Gasteiger partial charge in [-0.15, -0.1) is 5.10 Å². The molecule has 9 nitrogen and oxygen atoms in total.